The molecule has 1 aliphatic rings. The summed E-state index contributed by atoms with van der Waals surface area (Å²) in [6, 6.07) is 10.2. The third-order valence-corrected chi connectivity index (χ3v) is 3.13. The molecule has 0 aliphatic carbocycles. The van der Waals surface area contributed by atoms with Crippen LogP contribution >= 0.6 is 0 Å². The summed E-state index contributed by atoms with van der Waals surface area (Å²) >= 11 is 0. The van der Waals surface area contributed by atoms with E-state index in [9.17, 15) is 0 Å². The number of benzene rings is 1. The van der Waals surface area contributed by atoms with E-state index in [0.29, 0.717) is 5.95 Å². The molecule has 1 aliphatic heterocycles. The monoisotopic (exact) mass is 252 g/mol. The second kappa shape index (κ2) is 5.10. The maximum absolute atomic E-state index is 4.56. The predicted octanol–water partition coefficient (Wildman–Crippen LogP) is 2.55. The van der Waals surface area contributed by atoms with Gasteiger partial charge in [-0.3, -0.25) is 0 Å². The van der Waals surface area contributed by atoms with Crippen molar-refractivity contribution >= 4 is 17.8 Å². The molecule has 1 N–H and O–H groups in total. The Morgan fingerprint density at radius 3 is 2.95 bits per heavy atom. The number of hydrogen-bond donors (Lipinski definition) is 1. The Labute approximate surface area is 112 Å². The molecule has 0 radical (unpaired) electrons. The normalized spacial score (nSPS) is 13.2. The Morgan fingerprint density at radius 2 is 2.11 bits per heavy atom. The van der Waals surface area contributed by atoms with Crippen LogP contribution in [-0.2, 0) is 6.54 Å². The van der Waals surface area contributed by atoms with E-state index < -0.39 is 0 Å². The molecule has 4 heteroatoms. The molecular formula is C15H16N4. The molecule has 0 saturated carbocycles. The number of aromatic nitrogens is 2. The van der Waals surface area contributed by atoms with Crippen molar-refractivity contribution in [1.82, 2.24) is 9.97 Å². The highest BCUT2D eigenvalue weighted by Gasteiger charge is 2.12. The van der Waals surface area contributed by atoms with Crippen molar-refractivity contribution in [2.24, 2.45) is 0 Å². The van der Waals surface area contributed by atoms with E-state index in [0.717, 1.165) is 24.5 Å². The molecule has 0 saturated heterocycles. The molecule has 0 amide bonds. The molecule has 96 valence electrons. The Kier molecular flexibility index (Phi) is 3.14. The first-order valence-electron chi connectivity index (χ1n) is 6.35. The number of fused-ring (bicyclic) bond motifs is 1. The summed E-state index contributed by atoms with van der Waals surface area (Å²) in [5.41, 5.74) is 2.29. The smallest absolute Gasteiger partial charge is 0.224 e. The number of nitrogens with zero attached hydrogens (tertiary/aromatic N) is 3. The van der Waals surface area contributed by atoms with Crippen molar-refractivity contribution in [1.29, 1.82) is 0 Å². The fourth-order valence-corrected chi connectivity index (χ4v) is 2.09. The Bertz CT molecular complexity index is 592. The summed E-state index contributed by atoms with van der Waals surface area (Å²) in [6.07, 6.45) is 6.04. The van der Waals surface area contributed by atoms with Crippen molar-refractivity contribution in [3.63, 3.8) is 0 Å². The van der Waals surface area contributed by atoms with Crippen LogP contribution in [0.1, 0.15) is 11.1 Å². The van der Waals surface area contributed by atoms with Gasteiger partial charge in [0.15, 0.2) is 0 Å². The quantitative estimate of drug-likeness (QED) is 0.911. The molecule has 0 fully saturated rings. The van der Waals surface area contributed by atoms with Crippen molar-refractivity contribution in [2.75, 3.05) is 23.8 Å². The number of rotatable bonds is 3. The summed E-state index contributed by atoms with van der Waals surface area (Å²) in [5, 5.41) is 3.26. The van der Waals surface area contributed by atoms with Crippen LogP contribution in [0.5, 0.6) is 0 Å². The molecule has 1 aromatic carbocycles. The van der Waals surface area contributed by atoms with Crippen LogP contribution in [-0.4, -0.2) is 23.6 Å². The zero-order valence-electron chi connectivity index (χ0n) is 10.9. The molecule has 0 bridgehead atoms. The van der Waals surface area contributed by atoms with Crippen LogP contribution < -0.4 is 10.2 Å². The molecule has 19 heavy (non-hydrogen) atoms. The summed E-state index contributed by atoms with van der Waals surface area (Å²) in [7, 11) is 2.04. The SMILES string of the molecule is CN1CC=Cc2cnc(NCc3ccccc3)nc21. The van der Waals surface area contributed by atoms with Gasteiger partial charge in [-0.05, 0) is 5.56 Å². The van der Waals surface area contributed by atoms with Crippen LogP contribution in [0.2, 0.25) is 0 Å². The fraction of sp³-hybridized carbons (Fsp3) is 0.200. The van der Waals surface area contributed by atoms with Crippen molar-refractivity contribution in [2.45, 2.75) is 6.54 Å². The van der Waals surface area contributed by atoms with Gasteiger partial charge in [0, 0.05) is 31.9 Å². The number of likely N-dealkylation sites (N-methyl/N-ethyl adjacent to an activating group) is 1. The maximum Gasteiger partial charge on any atom is 0.224 e. The third kappa shape index (κ3) is 2.57. The lowest BCUT2D eigenvalue weighted by molar-refractivity contribution is 0.951. The highest BCUT2D eigenvalue weighted by molar-refractivity contribution is 5.67. The molecule has 1 aromatic heterocycles. The second-order valence-corrected chi connectivity index (χ2v) is 4.59. The topological polar surface area (TPSA) is 41.1 Å². The summed E-state index contributed by atoms with van der Waals surface area (Å²) in [5.74, 6) is 1.65. The van der Waals surface area contributed by atoms with Gasteiger partial charge in [0.05, 0.1) is 0 Å². The number of anilines is 2. The average Bonchev–Trinajstić information content (AvgIpc) is 2.47. The zero-order valence-corrected chi connectivity index (χ0v) is 10.9. The summed E-state index contributed by atoms with van der Waals surface area (Å²) in [6.45, 7) is 1.63. The highest BCUT2D eigenvalue weighted by Crippen LogP contribution is 2.22. The van der Waals surface area contributed by atoms with Gasteiger partial charge in [-0.25, -0.2) is 4.98 Å². The first kappa shape index (κ1) is 11.7. The number of nitrogens with one attached hydrogen (secondary N) is 1. The minimum absolute atomic E-state index is 0.671. The number of hydrogen-bond acceptors (Lipinski definition) is 4. The molecule has 0 spiro atoms. The van der Waals surface area contributed by atoms with Gasteiger partial charge in [-0.1, -0.05) is 42.5 Å². The van der Waals surface area contributed by atoms with Gasteiger partial charge in [-0.2, -0.15) is 4.98 Å². The van der Waals surface area contributed by atoms with Crippen molar-refractivity contribution in [3.05, 3.63) is 53.7 Å². The standard InChI is InChI=1S/C15H16N4/c1-19-9-5-8-13-11-17-15(18-14(13)19)16-10-12-6-3-2-4-7-12/h2-8,11H,9-10H2,1H3,(H,16,17,18). The van der Waals surface area contributed by atoms with Crippen LogP contribution in [0, 0.1) is 0 Å². The molecule has 0 unspecified atom stereocenters. The lowest BCUT2D eigenvalue weighted by Gasteiger charge is -2.22. The van der Waals surface area contributed by atoms with Crippen molar-refractivity contribution in [3.8, 4) is 0 Å². The fourth-order valence-electron chi connectivity index (χ4n) is 2.09. The minimum atomic E-state index is 0.671. The molecular weight excluding hydrogens is 236 g/mol. The van der Waals surface area contributed by atoms with Gasteiger partial charge in [0.2, 0.25) is 5.95 Å². The third-order valence-electron chi connectivity index (χ3n) is 3.13. The van der Waals surface area contributed by atoms with Crippen LogP contribution in [0.15, 0.2) is 42.6 Å². The lowest BCUT2D eigenvalue weighted by atomic mass is 10.2. The molecule has 2 aromatic rings. The lowest BCUT2D eigenvalue weighted by Crippen LogP contribution is -2.22. The Morgan fingerprint density at radius 1 is 1.26 bits per heavy atom. The van der Waals surface area contributed by atoms with E-state index in [-0.39, 0.29) is 0 Å². The van der Waals surface area contributed by atoms with E-state index in [4.69, 9.17) is 0 Å². The first-order chi connectivity index (χ1) is 9.33. The largest absolute Gasteiger partial charge is 0.355 e. The van der Waals surface area contributed by atoms with E-state index in [2.05, 4.69) is 44.5 Å². The molecule has 0 atom stereocenters. The molecule has 2 heterocycles. The molecule has 3 rings (SSSR count). The van der Waals surface area contributed by atoms with Crippen LogP contribution in [0.25, 0.3) is 6.08 Å². The Hall–Kier alpha value is -2.36. The molecule has 4 nitrogen and oxygen atoms in total. The minimum Gasteiger partial charge on any atom is -0.355 e. The average molecular weight is 252 g/mol. The van der Waals surface area contributed by atoms with Gasteiger partial charge >= 0.3 is 0 Å². The summed E-state index contributed by atoms with van der Waals surface area (Å²) in [4.78, 5) is 11.0. The van der Waals surface area contributed by atoms with Gasteiger partial charge in [-0.15, -0.1) is 0 Å². The Balaban J connectivity index is 1.76. The second-order valence-electron chi connectivity index (χ2n) is 4.59. The van der Waals surface area contributed by atoms with Crippen molar-refractivity contribution < 1.29 is 0 Å². The van der Waals surface area contributed by atoms with Gasteiger partial charge < -0.3 is 10.2 Å². The van der Waals surface area contributed by atoms with Gasteiger partial charge in [0.1, 0.15) is 5.82 Å². The first-order valence-corrected chi connectivity index (χ1v) is 6.35. The van der Waals surface area contributed by atoms with Gasteiger partial charge in [0.25, 0.3) is 0 Å². The maximum atomic E-state index is 4.56. The van der Waals surface area contributed by atoms with Crippen LogP contribution in [0.4, 0.5) is 11.8 Å². The van der Waals surface area contributed by atoms with E-state index in [1.165, 1.54) is 5.56 Å². The van der Waals surface area contributed by atoms with Crippen LogP contribution in [0.3, 0.4) is 0 Å². The van der Waals surface area contributed by atoms with E-state index >= 15 is 0 Å². The highest BCUT2D eigenvalue weighted by atomic mass is 15.2. The summed E-state index contributed by atoms with van der Waals surface area (Å²) < 4.78 is 0. The zero-order chi connectivity index (χ0) is 13.1. The predicted molar refractivity (Wildman–Crippen MR) is 78.1 cm³/mol. The van der Waals surface area contributed by atoms with E-state index in [1.54, 1.807) is 0 Å². The van der Waals surface area contributed by atoms with E-state index in [1.807, 2.05) is 31.4 Å².